The van der Waals surface area contributed by atoms with Crippen LogP contribution in [0, 0.1) is 11.3 Å². The third-order valence-corrected chi connectivity index (χ3v) is 5.18. The highest BCUT2D eigenvalue weighted by molar-refractivity contribution is 6.01. The van der Waals surface area contributed by atoms with E-state index in [1.807, 2.05) is 85.8 Å². The Hall–Kier alpha value is -3.84. The first kappa shape index (κ1) is 21.9. The van der Waals surface area contributed by atoms with Crippen molar-refractivity contribution in [1.29, 1.82) is 5.26 Å². The van der Waals surface area contributed by atoms with Gasteiger partial charge in [-0.05, 0) is 48.7 Å². The van der Waals surface area contributed by atoms with E-state index in [9.17, 15) is 10.1 Å². The molecule has 31 heavy (non-hydrogen) atoms. The van der Waals surface area contributed by atoms with Crippen LogP contribution in [0.2, 0.25) is 0 Å². The van der Waals surface area contributed by atoms with Gasteiger partial charge >= 0.3 is 0 Å². The number of rotatable bonds is 8. The van der Waals surface area contributed by atoms with Gasteiger partial charge in [0.15, 0.2) is 0 Å². The second-order valence-electron chi connectivity index (χ2n) is 7.37. The minimum atomic E-state index is -0.373. The Morgan fingerprint density at radius 1 is 1.00 bits per heavy atom. The maximum Gasteiger partial charge on any atom is 0.262 e. The highest BCUT2D eigenvalue weighted by atomic mass is 16.1. The van der Waals surface area contributed by atoms with Crippen molar-refractivity contribution in [2.45, 2.75) is 26.4 Å². The van der Waals surface area contributed by atoms with Crippen molar-refractivity contribution in [2.24, 2.45) is 0 Å². The van der Waals surface area contributed by atoms with Crippen LogP contribution in [0.3, 0.4) is 0 Å². The summed E-state index contributed by atoms with van der Waals surface area (Å²) in [6.07, 6.45) is 1.63. The lowest BCUT2D eigenvalue weighted by atomic mass is 10.1. The van der Waals surface area contributed by atoms with Crippen molar-refractivity contribution in [3.05, 3.63) is 107 Å². The van der Waals surface area contributed by atoms with E-state index in [1.165, 1.54) is 5.56 Å². The zero-order valence-electron chi connectivity index (χ0n) is 18.0. The van der Waals surface area contributed by atoms with Gasteiger partial charge in [-0.25, -0.2) is 0 Å². The number of hydrogen-bond acceptors (Lipinski definition) is 3. The summed E-state index contributed by atoms with van der Waals surface area (Å²) < 4.78 is 0. The van der Waals surface area contributed by atoms with Crippen molar-refractivity contribution < 1.29 is 4.79 Å². The van der Waals surface area contributed by atoms with Crippen molar-refractivity contribution in [3.8, 4) is 6.07 Å². The maximum atomic E-state index is 12.6. The third kappa shape index (κ3) is 6.07. The van der Waals surface area contributed by atoms with Crippen LogP contribution >= 0.6 is 0 Å². The lowest BCUT2D eigenvalue weighted by molar-refractivity contribution is -0.117. The van der Waals surface area contributed by atoms with Crippen LogP contribution in [0.1, 0.15) is 36.6 Å². The Morgan fingerprint density at radius 2 is 1.61 bits per heavy atom. The molecule has 0 aliphatic carbocycles. The Balaban J connectivity index is 1.69. The lowest BCUT2D eigenvalue weighted by Gasteiger charge is -2.23. The quantitative estimate of drug-likeness (QED) is 0.395. The number of benzene rings is 3. The van der Waals surface area contributed by atoms with E-state index in [2.05, 4.69) is 29.3 Å². The van der Waals surface area contributed by atoms with E-state index >= 15 is 0 Å². The van der Waals surface area contributed by atoms with E-state index < -0.39 is 0 Å². The molecule has 1 amide bonds. The summed E-state index contributed by atoms with van der Waals surface area (Å²) in [4.78, 5) is 14.9. The van der Waals surface area contributed by atoms with E-state index in [0.29, 0.717) is 0 Å². The molecular weight excluding hydrogens is 382 g/mol. The highest BCUT2D eigenvalue weighted by Crippen LogP contribution is 2.20. The molecule has 1 N–H and O–H groups in total. The van der Waals surface area contributed by atoms with Gasteiger partial charge in [0.05, 0.1) is 6.04 Å². The topological polar surface area (TPSA) is 56.1 Å². The van der Waals surface area contributed by atoms with Gasteiger partial charge in [-0.2, -0.15) is 5.26 Å². The molecule has 4 heteroatoms. The Bertz CT molecular complexity index is 1050. The third-order valence-electron chi connectivity index (χ3n) is 5.18. The van der Waals surface area contributed by atoms with Crippen LogP contribution < -0.4 is 10.2 Å². The standard InChI is InChI=1S/C27H27N3O/c1-3-30(20-23-10-6-4-7-11-23)26-16-14-22(15-17-26)18-25(19-28)27(31)29-21(2)24-12-8-5-9-13-24/h4-18,21H,3,20H2,1-2H3,(H,29,31)/b25-18-/t21-/m1/s1. The fourth-order valence-electron chi connectivity index (χ4n) is 3.39. The largest absolute Gasteiger partial charge is 0.367 e. The second kappa shape index (κ2) is 10.8. The van der Waals surface area contributed by atoms with Gasteiger partial charge in [-0.15, -0.1) is 0 Å². The molecule has 3 aromatic rings. The molecule has 0 aromatic heterocycles. The number of carbonyl (C=O) groups is 1. The highest BCUT2D eigenvalue weighted by Gasteiger charge is 2.14. The molecule has 156 valence electrons. The molecule has 1 atom stereocenters. The van der Waals surface area contributed by atoms with E-state index in [0.717, 1.165) is 29.9 Å². The van der Waals surface area contributed by atoms with Gasteiger partial charge in [-0.3, -0.25) is 4.79 Å². The molecule has 3 aromatic carbocycles. The fraction of sp³-hybridized carbons (Fsp3) is 0.185. The molecule has 0 unspecified atom stereocenters. The van der Waals surface area contributed by atoms with Crippen molar-refractivity contribution in [2.75, 3.05) is 11.4 Å². The van der Waals surface area contributed by atoms with Crippen LogP contribution in [-0.2, 0) is 11.3 Å². The molecule has 0 heterocycles. The number of nitrogens with one attached hydrogen (secondary N) is 1. The molecule has 0 saturated carbocycles. The summed E-state index contributed by atoms with van der Waals surface area (Å²) >= 11 is 0. The zero-order valence-corrected chi connectivity index (χ0v) is 18.0. The van der Waals surface area contributed by atoms with Gasteiger partial charge in [0.2, 0.25) is 0 Å². The minimum Gasteiger partial charge on any atom is -0.367 e. The summed E-state index contributed by atoms with van der Waals surface area (Å²) in [5.41, 5.74) is 4.26. The molecule has 0 aliphatic heterocycles. The normalized spacial score (nSPS) is 12.0. The Kier molecular flexibility index (Phi) is 7.61. The fourth-order valence-corrected chi connectivity index (χ4v) is 3.39. The first-order valence-corrected chi connectivity index (χ1v) is 10.5. The molecule has 0 aliphatic rings. The zero-order chi connectivity index (χ0) is 22.1. The van der Waals surface area contributed by atoms with Crippen LogP contribution in [0.4, 0.5) is 5.69 Å². The SMILES string of the molecule is CCN(Cc1ccccc1)c1ccc(/C=C(/C#N)C(=O)N[C@H](C)c2ccccc2)cc1. The number of hydrogen-bond donors (Lipinski definition) is 1. The summed E-state index contributed by atoms with van der Waals surface area (Å²) in [5.74, 6) is -0.373. The van der Waals surface area contributed by atoms with Crippen LogP contribution in [0.5, 0.6) is 0 Å². The maximum absolute atomic E-state index is 12.6. The molecule has 0 radical (unpaired) electrons. The molecule has 0 spiro atoms. The predicted octanol–water partition coefficient (Wildman–Crippen LogP) is 5.50. The number of nitrogens with zero attached hydrogens (tertiary/aromatic N) is 2. The summed E-state index contributed by atoms with van der Waals surface area (Å²) in [6, 6.07) is 29.8. The minimum absolute atomic E-state index is 0.0900. The number of amides is 1. The van der Waals surface area contributed by atoms with Crippen LogP contribution in [0.25, 0.3) is 6.08 Å². The Labute approximate surface area is 184 Å². The monoisotopic (exact) mass is 409 g/mol. The van der Waals surface area contributed by atoms with Gasteiger partial charge in [0, 0.05) is 18.8 Å². The number of carbonyl (C=O) groups excluding carboxylic acids is 1. The smallest absolute Gasteiger partial charge is 0.262 e. The molecule has 0 fully saturated rings. The van der Waals surface area contributed by atoms with Crippen LogP contribution in [0.15, 0.2) is 90.5 Å². The average molecular weight is 410 g/mol. The molecule has 3 rings (SSSR count). The van der Waals surface area contributed by atoms with E-state index in [-0.39, 0.29) is 17.5 Å². The van der Waals surface area contributed by atoms with Gasteiger partial charge < -0.3 is 10.2 Å². The van der Waals surface area contributed by atoms with Crippen molar-refractivity contribution in [1.82, 2.24) is 5.32 Å². The second-order valence-corrected chi connectivity index (χ2v) is 7.37. The molecular formula is C27H27N3O. The number of anilines is 1. The van der Waals surface area contributed by atoms with Crippen molar-refractivity contribution >= 4 is 17.7 Å². The summed E-state index contributed by atoms with van der Waals surface area (Å²) in [7, 11) is 0. The van der Waals surface area contributed by atoms with E-state index in [1.54, 1.807) is 6.08 Å². The molecule has 4 nitrogen and oxygen atoms in total. The Morgan fingerprint density at radius 3 is 2.19 bits per heavy atom. The number of nitriles is 1. The molecule has 0 saturated heterocycles. The van der Waals surface area contributed by atoms with Crippen LogP contribution in [-0.4, -0.2) is 12.5 Å². The van der Waals surface area contributed by atoms with Crippen molar-refractivity contribution in [3.63, 3.8) is 0 Å². The summed E-state index contributed by atoms with van der Waals surface area (Å²) in [5, 5.41) is 12.4. The van der Waals surface area contributed by atoms with E-state index in [4.69, 9.17) is 0 Å². The average Bonchev–Trinajstić information content (AvgIpc) is 2.82. The molecule has 0 bridgehead atoms. The first-order chi connectivity index (χ1) is 15.1. The predicted molar refractivity (Wildman–Crippen MR) is 126 cm³/mol. The first-order valence-electron chi connectivity index (χ1n) is 10.5. The van der Waals surface area contributed by atoms with Gasteiger partial charge in [-0.1, -0.05) is 72.8 Å². The van der Waals surface area contributed by atoms with Gasteiger partial charge in [0.1, 0.15) is 11.6 Å². The summed E-state index contributed by atoms with van der Waals surface area (Å²) in [6.45, 7) is 5.74. The lowest BCUT2D eigenvalue weighted by Crippen LogP contribution is -2.27. The van der Waals surface area contributed by atoms with Gasteiger partial charge in [0.25, 0.3) is 5.91 Å².